The molecule has 4 aromatic rings. The molecule has 1 aliphatic heterocycles. The predicted octanol–water partition coefficient (Wildman–Crippen LogP) is 8.24. The van der Waals surface area contributed by atoms with Gasteiger partial charge in [0.1, 0.15) is 19.1 Å². The van der Waals surface area contributed by atoms with Gasteiger partial charge in [-0.2, -0.15) is 5.10 Å². The number of rotatable bonds is 18. The summed E-state index contributed by atoms with van der Waals surface area (Å²) in [4.78, 5) is 27.5. The van der Waals surface area contributed by atoms with Crippen LogP contribution < -0.4 is 4.74 Å². The van der Waals surface area contributed by atoms with Crippen LogP contribution in [0.25, 0.3) is 16.5 Å². The Balaban J connectivity index is 1.12. The molecule has 2 heterocycles. The second kappa shape index (κ2) is 19.4. The molecule has 6 rings (SSSR count). The van der Waals surface area contributed by atoms with Gasteiger partial charge < -0.3 is 33.3 Å². The largest absolute Gasteiger partial charge is 0.481 e. The van der Waals surface area contributed by atoms with Crippen LogP contribution in [0.3, 0.4) is 0 Å². The zero-order valence-corrected chi connectivity index (χ0v) is 33.6. The average Bonchev–Trinajstić information content (AvgIpc) is 3.79. The number of carbonyl (C=O) groups excluding carboxylic acids is 2. The first-order chi connectivity index (χ1) is 26.7. The van der Waals surface area contributed by atoms with E-state index in [2.05, 4.69) is 36.9 Å². The Labute approximate surface area is 325 Å². The van der Waals surface area contributed by atoms with Gasteiger partial charge in [-0.3, -0.25) is 0 Å². The van der Waals surface area contributed by atoms with Gasteiger partial charge in [0.2, 0.25) is 0 Å². The summed E-state index contributed by atoms with van der Waals surface area (Å²) >= 11 is 0. The second-order valence-electron chi connectivity index (χ2n) is 15.4. The molecule has 1 amide bonds. The van der Waals surface area contributed by atoms with Crippen LogP contribution in [0, 0.1) is 0 Å². The van der Waals surface area contributed by atoms with Crippen molar-refractivity contribution in [3.8, 4) is 5.75 Å². The van der Waals surface area contributed by atoms with E-state index in [9.17, 15) is 9.59 Å². The highest BCUT2D eigenvalue weighted by molar-refractivity contribution is 6.76. The summed E-state index contributed by atoms with van der Waals surface area (Å²) in [5.41, 5.74) is 4.94. The maximum absolute atomic E-state index is 13.4. The van der Waals surface area contributed by atoms with Crippen LogP contribution >= 0.6 is 0 Å². The fourth-order valence-electron chi connectivity index (χ4n) is 6.91. The zero-order chi connectivity index (χ0) is 38.6. The molecule has 0 radical (unpaired) electrons. The first-order valence-electron chi connectivity index (χ1n) is 19.5. The summed E-state index contributed by atoms with van der Waals surface area (Å²) in [5.74, 6) is 0.183. The van der Waals surface area contributed by atoms with E-state index in [-0.39, 0.29) is 44.2 Å². The number of nitrogens with zero attached hydrogens (tertiary/aromatic N) is 3. The van der Waals surface area contributed by atoms with Crippen molar-refractivity contribution in [3.63, 3.8) is 0 Å². The summed E-state index contributed by atoms with van der Waals surface area (Å²) in [7, 11) is -1.21. The van der Waals surface area contributed by atoms with Gasteiger partial charge in [0, 0.05) is 38.2 Å². The first kappa shape index (κ1) is 40.2. The molecular formula is C43H55N3O8Si. The summed E-state index contributed by atoms with van der Waals surface area (Å²) < 4.78 is 37.8. The Morgan fingerprint density at radius 2 is 1.65 bits per heavy atom. The van der Waals surface area contributed by atoms with E-state index in [1.807, 2.05) is 77.6 Å². The molecule has 1 saturated heterocycles. The molecule has 0 spiro atoms. The molecule has 0 saturated carbocycles. The van der Waals surface area contributed by atoms with Crippen LogP contribution in [0.5, 0.6) is 5.75 Å². The van der Waals surface area contributed by atoms with E-state index in [1.165, 1.54) is 0 Å². The lowest BCUT2D eigenvalue weighted by Gasteiger charge is -2.30. The minimum atomic E-state index is -1.21. The third-order valence-corrected chi connectivity index (χ3v) is 11.8. The van der Waals surface area contributed by atoms with Crippen molar-refractivity contribution >= 4 is 36.6 Å². The molecular weight excluding hydrogens is 715 g/mol. The van der Waals surface area contributed by atoms with Crippen LogP contribution in [0.4, 0.5) is 4.79 Å². The van der Waals surface area contributed by atoms with Crippen molar-refractivity contribution in [1.82, 2.24) is 14.7 Å². The summed E-state index contributed by atoms with van der Waals surface area (Å²) in [6, 6.07) is 24.6. The number of allylic oxidation sites excluding steroid dienone is 1. The minimum absolute atomic E-state index is 0.0370. The van der Waals surface area contributed by atoms with Gasteiger partial charge in [-0.15, -0.1) is 0 Å². The maximum atomic E-state index is 13.4. The Morgan fingerprint density at radius 1 is 0.909 bits per heavy atom. The minimum Gasteiger partial charge on any atom is -0.481 e. The molecule has 3 aromatic carbocycles. The van der Waals surface area contributed by atoms with Crippen molar-refractivity contribution in [2.24, 2.45) is 0 Å². The third-order valence-electron chi connectivity index (χ3n) is 10.0. The number of hydrogen-bond donors (Lipinski definition) is 0. The van der Waals surface area contributed by atoms with E-state index < -0.39 is 14.0 Å². The van der Waals surface area contributed by atoms with Gasteiger partial charge in [-0.25, -0.2) is 14.3 Å². The number of ether oxygens (including phenoxy) is 6. The lowest BCUT2D eigenvalue weighted by Crippen LogP contribution is -2.44. The van der Waals surface area contributed by atoms with Crippen molar-refractivity contribution in [2.45, 2.75) is 96.5 Å². The number of amides is 1. The topological polar surface area (TPSA) is 111 Å². The van der Waals surface area contributed by atoms with Crippen molar-refractivity contribution < 1.29 is 38.0 Å². The quantitative estimate of drug-likeness (QED) is 0.0562. The van der Waals surface area contributed by atoms with Crippen LogP contribution in [0.15, 0.2) is 85.1 Å². The molecule has 0 bridgehead atoms. The normalized spacial score (nSPS) is 18.7. The lowest BCUT2D eigenvalue weighted by atomic mass is 9.91. The van der Waals surface area contributed by atoms with Gasteiger partial charge in [-0.05, 0) is 61.4 Å². The lowest BCUT2D eigenvalue weighted by molar-refractivity contribution is -0.145. The smallest absolute Gasteiger partial charge is 0.410 e. The fourth-order valence-corrected chi connectivity index (χ4v) is 7.67. The molecule has 1 aliphatic carbocycles. The number of fused-ring (bicyclic) bond motifs is 1. The fraction of sp³-hybridized carbons (Fsp3) is 0.465. The van der Waals surface area contributed by atoms with Crippen LogP contribution in [-0.4, -0.2) is 86.0 Å². The van der Waals surface area contributed by atoms with Crippen molar-refractivity contribution in [1.29, 1.82) is 0 Å². The predicted molar refractivity (Wildman–Crippen MR) is 214 cm³/mol. The number of carbonyl (C=O) groups is 2. The Morgan fingerprint density at radius 3 is 2.35 bits per heavy atom. The molecule has 2 aliphatic rings. The average molecular weight is 770 g/mol. The van der Waals surface area contributed by atoms with Gasteiger partial charge >= 0.3 is 12.1 Å². The van der Waals surface area contributed by atoms with E-state index in [0.717, 1.165) is 52.1 Å². The van der Waals surface area contributed by atoms with Gasteiger partial charge in [0.25, 0.3) is 0 Å². The van der Waals surface area contributed by atoms with Crippen molar-refractivity contribution in [3.05, 3.63) is 102 Å². The van der Waals surface area contributed by atoms with Crippen LogP contribution in [0.2, 0.25) is 25.7 Å². The summed E-state index contributed by atoms with van der Waals surface area (Å²) in [6.07, 6.45) is 6.39. The number of benzene rings is 3. The molecule has 11 nitrogen and oxygen atoms in total. The second-order valence-corrected chi connectivity index (χ2v) is 21.0. The molecule has 12 heteroatoms. The van der Waals surface area contributed by atoms with E-state index in [0.29, 0.717) is 51.7 Å². The monoisotopic (exact) mass is 769 g/mol. The van der Waals surface area contributed by atoms with Gasteiger partial charge in [0.15, 0.2) is 6.61 Å². The highest BCUT2D eigenvalue weighted by atomic mass is 28.3. The number of hydrogen-bond acceptors (Lipinski definition) is 9. The van der Waals surface area contributed by atoms with Crippen LogP contribution in [-0.2, 0) is 48.4 Å². The molecule has 3 atom stereocenters. The molecule has 1 fully saturated rings. The maximum Gasteiger partial charge on any atom is 0.410 e. The summed E-state index contributed by atoms with van der Waals surface area (Å²) in [6.45, 7) is 11.4. The first-order valence-corrected chi connectivity index (χ1v) is 23.2. The van der Waals surface area contributed by atoms with Gasteiger partial charge in [-0.1, -0.05) is 86.4 Å². The van der Waals surface area contributed by atoms with Gasteiger partial charge in [0.05, 0.1) is 49.8 Å². The Bertz CT molecular complexity index is 1880. The molecule has 0 N–H and O–H groups in total. The SMILES string of the molecule is CCOC(=O)COc1cc2c(cnn2COCC[Si](C)(C)C)cc1C1=CCC(OC[C@H]2[C@H](OCc3ccccc3)CCN2C(=O)OCc2ccccc2)CC1. The van der Waals surface area contributed by atoms with Crippen molar-refractivity contribution in [2.75, 3.05) is 33.0 Å². The number of aromatic nitrogens is 2. The molecule has 55 heavy (non-hydrogen) atoms. The Kier molecular flexibility index (Phi) is 14.2. The zero-order valence-electron chi connectivity index (χ0n) is 32.6. The highest BCUT2D eigenvalue weighted by Crippen LogP contribution is 2.37. The number of likely N-dealkylation sites (tertiary alicyclic amines) is 1. The molecule has 1 unspecified atom stereocenters. The summed E-state index contributed by atoms with van der Waals surface area (Å²) in [5, 5.41) is 5.57. The van der Waals surface area contributed by atoms with E-state index in [4.69, 9.17) is 28.4 Å². The third kappa shape index (κ3) is 11.5. The van der Waals surface area contributed by atoms with E-state index in [1.54, 1.807) is 11.8 Å². The van der Waals surface area contributed by atoms with Crippen LogP contribution in [0.1, 0.15) is 49.3 Å². The number of esters is 1. The molecule has 294 valence electrons. The van der Waals surface area contributed by atoms with E-state index >= 15 is 0 Å². The standard InChI is InChI=1S/C43H55N3O8Si/c1-5-50-42(47)30-53-41-25-38-35(26-44-46(38)31-49-22-23-55(2,3)4)24-37(41)34-16-18-36(19-17-34)51-29-39-40(52-27-32-12-8-6-9-13-32)20-21-45(39)43(48)54-28-33-14-10-7-11-15-33/h6-16,24-26,36,39-40H,5,17-23,27-31H2,1-4H3/t36?,39-,40+/m0/s1. The Hall–Kier alpha value is -4.49. The molecule has 1 aromatic heterocycles. The highest BCUT2D eigenvalue weighted by Gasteiger charge is 2.39.